The topological polar surface area (TPSA) is 88.4 Å². The first-order chi connectivity index (χ1) is 7.42. The van der Waals surface area contributed by atoms with E-state index in [-0.39, 0.29) is 22.4 Å². The highest BCUT2D eigenvalue weighted by molar-refractivity contribution is 7.89. The van der Waals surface area contributed by atoms with Crippen LogP contribution in [0, 0.1) is 0 Å². The van der Waals surface area contributed by atoms with Gasteiger partial charge in [0, 0.05) is 19.7 Å². The fraction of sp³-hybridized carbons (Fsp3) is 0.375. The Morgan fingerprint density at radius 1 is 1.56 bits per heavy atom. The summed E-state index contributed by atoms with van der Waals surface area (Å²) in [4.78, 5) is 11.3. The normalized spacial score (nSPS) is 11.4. The molecular formula is C8H11ClN2O4S. The zero-order chi connectivity index (χ0) is 12.3. The predicted octanol–water partition coefficient (Wildman–Crippen LogP) is 0.591. The molecule has 6 nitrogen and oxygen atoms in total. The second-order valence-corrected chi connectivity index (χ2v) is 4.87. The lowest BCUT2D eigenvalue weighted by Gasteiger charge is -1.98. The van der Waals surface area contributed by atoms with E-state index in [0.717, 1.165) is 6.07 Å². The van der Waals surface area contributed by atoms with Gasteiger partial charge in [0.05, 0.1) is 5.56 Å². The molecular weight excluding hydrogens is 256 g/mol. The predicted molar refractivity (Wildman–Crippen MR) is 58.0 cm³/mol. The van der Waals surface area contributed by atoms with Crippen LogP contribution in [0.15, 0.2) is 15.6 Å². The summed E-state index contributed by atoms with van der Waals surface area (Å²) < 4.78 is 30.1. The molecule has 0 aliphatic rings. The van der Waals surface area contributed by atoms with Crippen molar-refractivity contribution >= 4 is 27.5 Å². The number of nitrogens with one attached hydrogen (secondary N) is 2. The highest BCUT2D eigenvalue weighted by Gasteiger charge is 2.23. The van der Waals surface area contributed by atoms with Crippen LogP contribution in [0.4, 0.5) is 0 Å². The molecule has 0 fully saturated rings. The molecule has 16 heavy (non-hydrogen) atoms. The van der Waals surface area contributed by atoms with E-state index in [2.05, 4.69) is 10.0 Å². The number of hydrogen-bond donors (Lipinski definition) is 2. The van der Waals surface area contributed by atoms with Crippen LogP contribution in [-0.2, 0) is 10.0 Å². The van der Waals surface area contributed by atoms with Gasteiger partial charge in [-0.3, -0.25) is 4.79 Å². The molecule has 2 N–H and O–H groups in total. The van der Waals surface area contributed by atoms with Crippen molar-refractivity contribution in [3.8, 4) is 0 Å². The van der Waals surface area contributed by atoms with Crippen LogP contribution in [0.5, 0.6) is 0 Å². The first-order valence-electron chi connectivity index (χ1n) is 4.43. The Kier molecular flexibility index (Phi) is 3.95. The molecule has 8 heteroatoms. The van der Waals surface area contributed by atoms with Crippen LogP contribution in [0.1, 0.15) is 17.3 Å². The standard InChI is InChI=1S/C8H11ClN2O4S/c1-3-11-16(13,14)6-4-5(7(9)15-6)8(12)10-2/h4,11H,3H2,1-2H3,(H,10,12). The van der Waals surface area contributed by atoms with Crippen molar-refractivity contribution in [2.24, 2.45) is 0 Å². The number of hydrogen-bond acceptors (Lipinski definition) is 4. The fourth-order valence-corrected chi connectivity index (χ4v) is 2.29. The lowest BCUT2D eigenvalue weighted by atomic mass is 10.3. The van der Waals surface area contributed by atoms with Gasteiger partial charge in [-0.05, 0) is 11.6 Å². The first kappa shape index (κ1) is 13.0. The second-order valence-electron chi connectivity index (χ2n) is 2.83. The number of halogens is 1. The molecule has 0 bridgehead atoms. The van der Waals surface area contributed by atoms with E-state index in [0.29, 0.717) is 0 Å². The summed E-state index contributed by atoms with van der Waals surface area (Å²) in [5, 5.41) is 1.69. The minimum absolute atomic E-state index is 0.0133. The van der Waals surface area contributed by atoms with Crippen molar-refractivity contribution in [3.05, 3.63) is 16.8 Å². The molecule has 1 aromatic heterocycles. The van der Waals surface area contributed by atoms with E-state index in [1.165, 1.54) is 7.05 Å². The summed E-state index contributed by atoms with van der Waals surface area (Å²) in [7, 11) is -2.33. The quantitative estimate of drug-likeness (QED) is 0.835. The van der Waals surface area contributed by atoms with Crippen molar-refractivity contribution in [1.82, 2.24) is 10.0 Å². The average molecular weight is 267 g/mol. The van der Waals surface area contributed by atoms with Gasteiger partial charge in [0.15, 0.2) is 0 Å². The van der Waals surface area contributed by atoms with Gasteiger partial charge in [-0.25, -0.2) is 13.1 Å². The Bertz CT molecular complexity index is 494. The van der Waals surface area contributed by atoms with Gasteiger partial charge in [0.1, 0.15) is 0 Å². The van der Waals surface area contributed by atoms with Crippen LogP contribution in [-0.4, -0.2) is 27.9 Å². The molecule has 1 rings (SSSR count). The molecule has 0 aliphatic heterocycles. The monoisotopic (exact) mass is 266 g/mol. The van der Waals surface area contributed by atoms with Crippen molar-refractivity contribution in [3.63, 3.8) is 0 Å². The van der Waals surface area contributed by atoms with E-state index < -0.39 is 15.9 Å². The molecule has 0 radical (unpaired) electrons. The maximum Gasteiger partial charge on any atom is 0.274 e. The van der Waals surface area contributed by atoms with E-state index in [1.54, 1.807) is 6.92 Å². The molecule has 1 heterocycles. The maximum atomic E-state index is 11.5. The van der Waals surface area contributed by atoms with E-state index >= 15 is 0 Å². The summed E-state index contributed by atoms with van der Waals surface area (Å²) in [5.74, 6) is -0.508. The number of amides is 1. The second kappa shape index (κ2) is 4.86. The van der Waals surface area contributed by atoms with Gasteiger partial charge in [-0.1, -0.05) is 6.92 Å². The van der Waals surface area contributed by atoms with Crippen LogP contribution < -0.4 is 10.0 Å². The van der Waals surface area contributed by atoms with E-state index in [1.807, 2.05) is 0 Å². The van der Waals surface area contributed by atoms with E-state index in [9.17, 15) is 13.2 Å². The summed E-state index contributed by atoms with van der Waals surface area (Å²) >= 11 is 5.61. The number of rotatable bonds is 4. The van der Waals surface area contributed by atoms with Crippen LogP contribution >= 0.6 is 11.6 Å². The summed E-state index contributed by atoms with van der Waals surface area (Å²) in [6.45, 7) is 1.84. The Morgan fingerprint density at radius 3 is 2.69 bits per heavy atom. The number of sulfonamides is 1. The molecule has 0 spiro atoms. The molecule has 1 aromatic rings. The molecule has 0 aromatic carbocycles. The highest BCUT2D eigenvalue weighted by Crippen LogP contribution is 2.23. The zero-order valence-corrected chi connectivity index (χ0v) is 10.3. The van der Waals surface area contributed by atoms with Crippen molar-refractivity contribution in [2.75, 3.05) is 13.6 Å². The molecule has 0 unspecified atom stereocenters. The Hall–Kier alpha value is -1.05. The molecule has 0 atom stereocenters. The molecule has 90 valence electrons. The van der Waals surface area contributed by atoms with Crippen LogP contribution in [0.3, 0.4) is 0 Å². The lowest BCUT2D eigenvalue weighted by Crippen LogP contribution is -2.22. The molecule has 1 amide bonds. The minimum atomic E-state index is -3.73. The third-order valence-electron chi connectivity index (χ3n) is 1.74. The molecule has 0 saturated carbocycles. The van der Waals surface area contributed by atoms with Crippen molar-refractivity contribution in [2.45, 2.75) is 12.0 Å². The Labute approximate surface area is 98.0 Å². The third kappa shape index (κ3) is 2.55. The Balaban J connectivity index is 3.15. The highest BCUT2D eigenvalue weighted by atomic mass is 35.5. The summed E-state index contributed by atoms with van der Waals surface area (Å²) in [6.07, 6.45) is 0. The SMILES string of the molecule is CCNS(=O)(=O)c1cc(C(=O)NC)c(Cl)o1. The maximum absolute atomic E-state index is 11.5. The first-order valence-corrected chi connectivity index (χ1v) is 6.29. The lowest BCUT2D eigenvalue weighted by molar-refractivity contribution is 0.0962. The number of furan rings is 1. The summed E-state index contributed by atoms with van der Waals surface area (Å²) in [5.41, 5.74) is -0.0133. The fourth-order valence-electron chi connectivity index (χ4n) is 1.03. The van der Waals surface area contributed by atoms with Gasteiger partial charge >= 0.3 is 0 Å². The number of carbonyl (C=O) groups is 1. The van der Waals surface area contributed by atoms with Gasteiger partial charge in [-0.15, -0.1) is 0 Å². The molecule has 0 saturated heterocycles. The van der Waals surface area contributed by atoms with Gasteiger partial charge in [-0.2, -0.15) is 0 Å². The zero-order valence-electron chi connectivity index (χ0n) is 8.70. The third-order valence-corrected chi connectivity index (χ3v) is 3.42. The number of carbonyl (C=O) groups excluding carboxylic acids is 1. The largest absolute Gasteiger partial charge is 0.431 e. The Morgan fingerprint density at radius 2 is 2.19 bits per heavy atom. The minimum Gasteiger partial charge on any atom is -0.431 e. The van der Waals surface area contributed by atoms with Crippen LogP contribution in [0.25, 0.3) is 0 Å². The van der Waals surface area contributed by atoms with E-state index in [4.69, 9.17) is 16.0 Å². The van der Waals surface area contributed by atoms with Crippen LogP contribution in [0.2, 0.25) is 5.22 Å². The van der Waals surface area contributed by atoms with Gasteiger partial charge in [0.2, 0.25) is 10.3 Å². The van der Waals surface area contributed by atoms with Crippen molar-refractivity contribution in [1.29, 1.82) is 0 Å². The molecule has 0 aliphatic carbocycles. The average Bonchev–Trinajstić information content (AvgIpc) is 2.60. The van der Waals surface area contributed by atoms with Gasteiger partial charge < -0.3 is 9.73 Å². The van der Waals surface area contributed by atoms with Gasteiger partial charge in [0.25, 0.3) is 15.9 Å². The smallest absolute Gasteiger partial charge is 0.274 e. The van der Waals surface area contributed by atoms with Crippen molar-refractivity contribution < 1.29 is 17.6 Å². The summed E-state index contributed by atoms with van der Waals surface area (Å²) in [6, 6.07) is 1.08.